The van der Waals surface area contributed by atoms with E-state index in [4.69, 9.17) is 4.74 Å². The third kappa shape index (κ3) is 7.78. The Morgan fingerprint density at radius 1 is 1.46 bits per heavy atom. The summed E-state index contributed by atoms with van der Waals surface area (Å²) in [5.41, 5.74) is 0. The Balaban J connectivity index is 3.50. The van der Waals surface area contributed by atoms with E-state index in [0.29, 0.717) is 19.1 Å². The molecule has 0 saturated carbocycles. The first-order valence-electron chi connectivity index (χ1n) is 4.90. The van der Waals surface area contributed by atoms with Crippen molar-refractivity contribution in [2.24, 2.45) is 5.92 Å². The number of rotatable bonds is 6. The molecule has 0 fully saturated rings. The van der Waals surface area contributed by atoms with E-state index in [-0.39, 0.29) is 5.97 Å². The predicted octanol–water partition coefficient (Wildman–Crippen LogP) is 1.53. The molecule has 0 aliphatic heterocycles. The van der Waals surface area contributed by atoms with Crippen molar-refractivity contribution < 1.29 is 9.53 Å². The van der Waals surface area contributed by atoms with Crippen molar-refractivity contribution in [3.63, 3.8) is 0 Å². The summed E-state index contributed by atoms with van der Waals surface area (Å²) in [6, 6.07) is 0. The van der Waals surface area contributed by atoms with Crippen LogP contribution in [0.25, 0.3) is 0 Å². The molecule has 13 heavy (non-hydrogen) atoms. The fraction of sp³-hybridized carbons (Fsp3) is 0.900. The van der Waals surface area contributed by atoms with Gasteiger partial charge in [0, 0.05) is 0 Å². The second kappa shape index (κ2) is 6.89. The maximum atomic E-state index is 11.2. The minimum Gasteiger partial charge on any atom is -0.464 e. The topological polar surface area (TPSA) is 29.5 Å². The van der Waals surface area contributed by atoms with Crippen molar-refractivity contribution in [3.8, 4) is 0 Å². The van der Waals surface area contributed by atoms with E-state index < -0.39 is 0 Å². The first kappa shape index (κ1) is 12.4. The Bertz CT molecular complexity index is 146. The van der Waals surface area contributed by atoms with Crippen LogP contribution in [-0.2, 0) is 9.53 Å². The third-order valence-corrected chi connectivity index (χ3v) is 1.58. The maximum absolute atomic E-state index is 11.2. The van der Waals surface area contributed by atoms with Crippen LogP contribution in [0, 0.1) is 5.92 Å². The Labute approximate surface area is 81.1 Å². The highest BCUT2D eigenvalue weighted by atomic mass is 16.5. The summed E-state index contributed by atoms with van der Waals surface area (Å²) in [6.07, 6.45) is 1.06. The molecule has 0 aromatic heterocycles. The number of hydrogen-bond donors (Lipinski definition) is 0. The largest absolute Gasteiger partial charge is 0.464 e. The second-order valence-electron chi connectivity index (χ2n) is 3.81. The number of hydrogen-bond acceptors (Lipinski definition) is 3. The van der Waals surface area contributed by atoms with Crippen molar-refractivity contribution in [1.82, 2.24) is 4.90 Å². The standard InChI is InChI=1S/C10H21NO2/c1-5-6-11(4)7-10(12)13-8-9(2)3/h9H,5-8H2,1-4H3. The van der Waals surface area contributed by atoms with Gasteiger partial charge in [-0.05, 0) is 25.9 Å². The van der Waals surface area contributed by atoms with Gasteiger partial charge in [-0.25, -0.2) is 0 Å². The molecule has 0 amide bonds. The molecule has 0 heterocycles. The Kier molecular flexibility index (Phi) is 6.59. The Morgan fingerprint density at radius 2 is 2.08 bits per heavy atom. The molecule has 0 saturated heterocycles. The summed E-state index contributed by atoms with van der Waals surface area (Å²) in [4.78, 5) is 13.1. The normalized spacial score (nSPS) is 10.9. The lowest BCUT2D eigenvalue weighted by molar-refractivity contribution is -0.145. The van der Waals surface area contributed by atoms with Gasteiger partial charge in [0.05, 0.1) is 13.2 Å². The summed E-state index contributed by atoms with van der Waals surface area (Å²) >= 11 is 0. The first-order valence-corrected chi connectivity index (χ1v) is 4.90. The van der Waals surface area contributed by atoms with Gasteiger partial charge in [-0.15, -0.1) is 0 Å². The number of carbonyl (C=O) groups excluding carboxylic acids is 1. The van der Waals surface area contributed by atoms with Gasteiger partial charge in [0.2, 0.25) is 0 Å². The lowest BCUT2D eigenvalue weighted by atomic mass is 10.2. The summed E-state index contributed by atoms with van der Waals surface area (Å²) in [6.45, 7) is 8.03. The molecule has 3 heteroatoms. The number of likely N-dealkylation sites (N-methyl/N-ethyl adjacent to an activating group) is 1. The minimum atomic E-state index is -0.121. The molecule has 0 aromatic carbocycles. The molecule has 0 rings (SSSR count). The highest BCUT2D eigenvalue weighted by Gasteiger charge is 2.07. The number of ether oxygens (including phenoxy) is 1. The molecule has 0 radical (unpaired) electrons. The van der Waals surface area contributed by atoms with Gasteiger partial charge in [-0.3, -0.25) is 9.69 Å². The van der Waals surface area contributed by atoms with Crippen LogP contribution in [0.1, 0.15) is 27.2 Å². The van der Waals surface area contributed by atoms with Crippen molar-refractivity contribution in [3.05, 3.63) is 0 Å². The fourth-order valence-corrected chi connectivity index (χ4v) is 0.986. The highest BCUT2D eigenvalue weighted by Crippen LogP contribution is 1.94. The monoisotopic (exact) mass is 187 g/mol. The van der Waals surface area contributed by atoms with Crippen LogP contribution < -0.4 is 0 Å². The minimum absolute atomic E-state index is 0.121. The lowest BCUT2D eigenvalue weighted by Crippen LogP contribution is -2.28. The molecule has 0 aliphatic carbocycles. The van der Waals surface area contributed by atoms with E-state index in [1.165, 1.54) is 0 Å². The van der Waals surface area contributed by atoms with Crippen molar-refractivity contribution in [2.45, 2.75) is 27.2 Å². The van der Waals surface area contributed by atoms with Gasteiger partial charge >= 0.3 is 5.97 Å². The van der Waals surface area contributed by atoms with Gasteiger partial charge in [-0.1, -0.05) is 20.8 Å². The third-order valence-electron chi connectivity index (χ3n) is 1.58. The van der Waals surface area contributed by atoms with Crippen LogP contribution in [0.5, 0.6) is 0 Å². The first-order chi connectivity index (χ1) is 6.06. The maximum Gasteiger partial charge on any atom is 0.320 e. The summed E-state index contributed by atoms with van der Waals surface area (Å²) in [5, 5.41) is 0. The van der Waals surface area contributed by atoms with E-state index >= 15 is 0 Å². The second-order valence-corrected chi connectivity index (χ2v) is 3.81. The molecule has 0 spiro atoms. The van der Waals surface area contributed by atoms with Gasteiger partial charge in [-0.2, -0.15) is 0 Å². The summed E-state index contributed by atoms with van der Waals surface area (Å²) in [5.74, 6) is 0.296. The zero-order valence-electron chi connectivity index (χ0n) is 9.17. The average Bonchev–Trinajstić information content (AvgIpc) is 2.01. The van der Waals surface area contributed by atoms with Crippen LogP contribution >= 0.6 is 0 Å². The van der Waals surface area contributed by atoms with E-state index in [0.717, 1.165) is 13.0 Å². The van der Waals surface area contributed by atoms with Crippen LogP contribution in [0.15, 0.2) is 0 Å². The number of carbonyl (C=O) groups is 1. The van der Waals surface area contributed by atoms with Gasteiger partial charge in [0.25, 0.3) is 0 Å². The van der Waals surface area contributed by atoms with E-state index in [1.54, 1.807) is 0 Å². The molecule has 0 aromatic rings. The highest BCUT2D eigenvalue weighted by molar-refractivity contribution is 5.71. The Hall–Kier alpha value is -0.570. The number of esters is 1. The van der Waals surface area contributed by atoms with E-state index in [1.807, 2.05) is 25.8 Å². The van der Waals surface area contributed by atoms with Gasteiger partial charge < -0.3 is 4.74 Å². The van der Waals surface area contributed by atoms with Crippen LogP contribution in [0.4, 0.5) is 0 Å². The Morgan fingerprint density at radius 3 is 2.54 bits per heavy atom. The molecule has 0 N–H and O–H groups in total. The SMILES string of the molecule is CCCN(C)CC(=O)OCC(C)C. The van der Waals surface area contributed by atoms with Crippen LogP contribution in [-0.4, -0.2) is 37.6 Å². The molecule has 0 atom stereocenters. The predicted molar refractivity (Wildman–Crippen MR) is 53.6 cm³/mol. The summed E-state index contributed by atoms with van der Waals surface area (Å²) in [7, 11) is 1.93. The van der Waals surface area contributed by atoms with Crippen LogP contribution in [0.3, 0.4) is 0 Å². The fourth-order valence-electron chi connectivity index (χ4n) is 0.986. The quantitative estimate of drug-likeness (QED) is 0.591. The van der Waals surface area contributed by atoms with Gasteiger partial charge in [0.1, 0.15) is 0 Å². The lowest BCUT2D eigenvalue weighted by Gasteiger charge is -2.14. The molecule has 0 unspecified atom stereocenters. The molecule has 0 bridgehead atoms. The van der Waals surface area contributed by atoms with Gasteiger partial charge in [0.15, 0.2) is 0 Å². The zero-order valence-corrected chi connectivity index (χ0v) is 9.17. The van der Waals surface area contributed by atoms with Crippen molar-refractivity contribution in [1.29, 1.82) is 0 Å². The zero-order chi connectivity index (χ0) is 10.3. The van der Waals surface area contributed by atoms with Crippen molar-refractivity contribution in [2.75, 3.05) is 26.7 Å². The molecule has 3 nitrogen and oxygen atoms in total. The van der Waals surface area contributed by atoms with Crippen LogP contribution in [0.2, 0.25) is 0 Å². The average molecular weight is 187 g/mol. The summed E-state index contributed by atoms with van der Waals surface area (Å²) < 4.78 is 5.04. The molecular weight excluding hydrogens is 166 g/mol. The molecule has 0 aliphatic rings. The number of nitrogens with zero attached hydrogens (tertiary/aromatic N) is 1. The smallest absolute Gasteiger partial charge is 0.320 e. The molecular formula is C10H21NO2. The van der Waals surface area contributed by atoms with E-state index in [2.05, 4.69) is 6.92 Å². The molecule has 78 valence electrons. The van der Waals surface area contributed by atoms with E-state index in [9.17, 15) is 4.79 Å². The van der Waals surface area contributed by atoms with Crippen molar-refractivity contribution >= 4 is 5.97 Å².